The summed E-state index contributed by atoms with van der Waals surface area (Å²) < 4.78 is 27.5. The number of carbonyl (C=O) groups excluding carboxylic acids is 2. The van der Waals surface area contributed by atoms with Crippen LogP contribution in [0.4, 0.5) is 5.13 Å². The highest BCUT2D eigenvalue weighted by molar-refractivity contribution is 7.89. The first-order valence-electron chi connectivity index (χ1n) is 9.36. The Balaban J connectivity index is 1.78. The second-order valence-corrected chi connectivity index (χ2v) is 11.5. The van der Waals surface area contributed by atoms with E-state index in [0.717, 1.165) is 15.6 Å². The van der Waals surface area contributed by atoms with E-state index in [2.05, 4.69) is 16.9 Å². The average molecular weight is 426 g/mol. The highest BCUT2D eigenvalue weighted by Gasteiger charge is 2.65. The molecule has 2 aliphatic carbocycles. The topological polar surface area (TPSA) is 96.4 Å². The number of anilines is 1. The molecule has 0 aliphatic heterocycles. The molecule has 1 heterocycles. The third-order valence-corrected chi connectivity index (χ3v) is 9.23. The molecular weight excluding hydrogens is 398 g/mol. The monoisotopic (exact) mass is 425 g/mol. The van der Waals surface area contributed by atoms with Gasteiger partial charge in [-0.15, -0.1) is 17.9 Å². The lowest BCUT2D eigenvalue weighted by molar-refractivity contribution is -0.128. The van der Waals surface area contributed by atoms with Crippen LogP contribution in [-0.4, -0.2) is 48.2 Å². The number of sulfonamides is 1. The molecule has 2 bridgehead atoms. The van der Waals surface area contributed by atoms with Crippen molar-refractivity contribution in [1.82, 2.24) is 9.29 Å². The van der Waals surface area contributed by atoms with Crippen molar-refractivity contribution >= 4 is 38.2 Å². The number of Topliss-reactive ketones (excluding diaryl/α,β-unsaturated/α-hetero) is 1. The molecule has 3 rings (SSSR count). The fourth-order valence-electron chi connectivity index (χ4n) is 4.66. The average Bonchev–Trinajstić information content (AvgIpc) is 3.15. The van der Waals surface area contributed by atoms with Crippen LogP contribution in [-0.2, 0) is 19.6 Å². The molecule has 0 saturated heterocycles. The van der Waals surface area contributed by atoms with E-state index in [9.17, 15) is 18.0 Å². The van der Waals surface area contributed by atoms with Crippen molar-refractivity contribution in [2.24, 2.45) is 16.7 Å². The zero-order valence-corrected chi connectivity index (χ0v) is 18.2. The normalized spacial score (nSPS) is 26.0. The van der Waals surface area contributed by atoms with Gasteiger partial charge in [0.15, 0.2) is 5.13 Å². The van der Waals surface area contributed by atoms with E-state index < -0.39 is 21.3 Å². The summed E-state index contributed by atoms with van der Waals surface area (Å²) >= 11 is 1.32. The molecule has 7 nitrogen and oxygen atoms in total. The molecule has 1 N–H and O–H groups in total. The minimum Gasteiger partial charge on any atom is -0.301 e. The van der Waals surface area contributed by atoms with Crippen LogP contribution in [0.5, 0.6) is 0 Å². The van der Waals surface area contributed by atoms with Crippen LogP contribution in [0.2, 0.25) is 0 Å². The van der Waals surface area contributed by atoms with Gasteiger partial charge in [-0.1, -0.05) is 19.9 Å². The third-order valence-electron chi connectivity index (χ3n) is 6.48. The maximum Gasteiger partial charge on any atom is 0.241 e. The highest BCUT2D eigenvalue weighted by Crippen LogP contribution is 2.64. The lowest BCUT2D eigenvalue weighted by Gasteiger charge is -2.37. The van der Waals surface area contributed by atoms with Crippen molar-refractivity contribution < 1.29 is 18.0 Å². The quantitative estimate of drug-likeness (QED) is 0.646. The SMILES string of the molecule is C=CCN(CC(=O)Nc1ncc(C)s1)S(=O)(=O)CC12CCC(CC1=O)C2(C)C. The molecule has 2 unspecified atom stereocenters. The lowest BCUT2D eigenvalue weighted by Crippen LogP contribution is -2.48. The molecule has 1 aromatic rings. The summed E-state index contributed by atoms with van der Waals surface area (Å²) in [6, 6.07) is 0. The number of nitrogens with one attached hydrogen (secondary N) is 1. The Morgan fingerprint density at radius 3 is 2.71 bits per heavy atom. The number of aryl methyl sites for hydroxylation is 1. The third kappa shape index (κ3) is 3.55. The van der Waals surface area contributed by atoms with Crippen LogP contribution in [0.3, 0.4) is 0 Å². The molecule has 0 spiro atoms. The standard InChI is InChI=1S/C19H27N3O4S2/c1-5-8-22(11-16(24)21-17-20-10-13(2)27-17)28(25,26)12-19-7-6-14(9-15(19)23)18(19,3)4/h5,10,14H,1,6-9,11-12H2,2-4H3,(H,20,21,24). The molecular formula is C19H27N3O4S2. The van der Waals surface area contributed by atoms with Crippen molar-refractivity contribution in [3.63, 3.8) is 0 Å². The van der Waals surface area contributed by atoms with Crippen LogP contribution in [0.15, 0.2) is 18.9 Å². The number of thiazole rings is 1. The first-order chi connectivity index (χ1) is 13.0. The summed E-state index contributed by atoms with van der Waals surface area (Å²) in [5, 5.41) is 3.07. The predicted molar refractivity (Wildman–Crippen MR) is 110 cm³/mol. The smallest absolute Gasteiger partial charge is 0.241 e. The number of hydrogen-bond donors (Lipinski definition) is 1. The van der Waals surface area contributed by atoms with Gasteiger partial charge in [0.25, 0.3) is 0 Å². The molecule has 1 amide bonds. The van der Waals surface area contributed by atoms with Gasteiger partial charge >= 0.3 is 0 Å². The number of fused-ring (bicyclic) bond motifs is 2. The lowest BCUT2D eigenvalue weighted by atomic mass is 9.70. The highest BCUT2D eigenvalue weighted by atomic mass is 32.2. The van der Waals surface area contributed by atoms with E-state index in [-0.39, 0.29) is 36.0 Å². The second-order valence-electron chi connectivity index (χ2n) is 8.33. The van der Waals surface area contributed by atoms with Crippen molar-refractivity contribution in [2.45, 2.75) is 40.0 Å². The molecule has 0 radical (unpaired) electrons. The van der Waals surface area contributed by atoms with Crippen LogP contribution in [0.25, 0.3) is 0 Å². The van der Waals surface area contributed by atoms with Crippen LogP contribution in [0, 0.1) is 23.7 Å². The van der Waals surface area contributed by atoms with E-state index >= 15 is 0 Å². The summed E-state index contributed by atoms with van der Waals surface area (Å²) in [4.78, 5) is 30.1. The summed E-state index contributed by atoms with van der Waals surface area (Å²) in [5.41, 5.74) is -1.21. The second kappa shape index (κ2) is 7.35. The Labute approximate surface area is 170 Å². The maximum absolute atomic E-state index is 13.2. The number of ketones is 1. The van der Waals surface area contributed by atoms with E-state index in [0.29, 0.717) is 18.0 Å². The van der Waals surface area contributed by atoms with Gasteiger partial charge in [0.05, 0.1) is 12.3 Å². The maximum atomic E-state index is 13.2. The summed E-state index contributed by atoms with van der Waals surface area (Å²) in [6.45, 7) is 9.17. The molecule has 28 heavy (non-hydrogen) atoms. The Bertz CT molecular complexity index is 906. The number of rotatable bonds is 8. The number of aromatic nitrogens is 1. The van der Waals surface area contributed by atoms with Crippen molar-refractivity contribution in [2.75, 3.05) is 24.2 Å². The molecule has 2 saturated carbocycles. The summed E-state index contributed by atoms with van der Waals surface area (Å²) in [5.74, 6) is -0.434. The van der Waals surface area contributed by atoms with Crippen LogP contribution >= 0.6 is 11.3 Å². The first-order valence-corrected chi connectivity index (χ1v) is 11.8. The number of nitrogens with zero attached hydrogens (tertiary/aromatic N) is 2. The molecule has 2 aliphatic rings. The number of carbonyl (C=O) groups is 2. The Morgan fingerprint density at radius 1 is 1.50 bits per heavy atom. The van der Waals surface area contributed by atoms with Gasteiger partial charge in [0, 0.05) is 29.5 Å². The summed E-state index contributed by atoms with van der Waals surface area (Å²) in [7, 11) is -3.83. The van der Waals surface area contributed by atoms with Crippen LogP contribution < -0.4 is 5.32 Å². The zero-order chi connectivity index (χ0) is 20.7. The minimum absolute atomic E-state index is 0.0147. The number of amides is 1. The Hall–Kier alpha value is -1.58. The van der Waals surface area contributed by atoms with E-state index in [1.165, 1.54) is 17.4 Å². The molecule has 0 aromatic carbocycles. The number of hydrogen-bond acceptors (Lipinski definition) is 6. The molecule has 9 heteroatoms. The fraction of sp³-hybridized carbons (Fsp3) is 0.632. The zero-order valence-electron chi connectivity index (χ0n) is 16.5. The van der Waals surface area contributed by atoms with Gasteiger partial charge in [0.1, 0.15) is 5.78 Å². The molecule has 154 valence electrons. The largest absolute Gasteiger partial charge is 0.301 e. The van der Waals surface area contributed by atoms with Crippen molar-refractivity contribution in [3.05, 3.63) is 23.7 Å². The van der Waals surface area contributed by atoms with Gasteiger partial charge < -0.3 is 5.32 Å². The van der Waals surface area contributed by atoms with Gasteiger partial charge in [0.2, 0.25) is 15.9 Å². The minimum atomic E-state index is -3.83. The van der Waals surface area contributed by atoms with E-state index in [1.54, 1.807) is 6.20 Å². The Morgan fingerprint density at radius 2 is 2.21 bits per heavy atom. The summed E-state index contributed by atoms with van der Waals surface area (Å²) in [6.07, 6.45) is 5.01. The van der Waals surface area contributed by atoms with Gasteiger partial charge in [-0.3, -0.25) is 9.59 Å². The van der Waals surface area contributed by atoms with Crippen molar-refractivity contribution in [3.8, 4) is 0 Å². The van der Waals surface area contributed by atoms with E-state index in [4.69, 9.17) is 0 Å². The Kier molecular flexibility index (Phi) is 5.55. The van der Waals surface area contributed by atoms with Gasteiger partial charge in [-0.25, -0.2) is 13.4 Å². The van der Waals surface area contributed by atoms with E-state index in [1.807, 2.05) is 20.8 Å². The molecule has 1 aromatic heterocycles. The predicted octanol–water partition coefficient (Wildman–Crippen LogP) is 2.60. The molecule has 2 fully saturated rings. The van der Waals surface area contributed by atoms with Crippen LogP contribution in [0.1, 0.15) is 38.0 Å². The van der Waals surface area contributed by atoms with Crippen molar-refractivity contribution in [1.29, 1.82) is 0 Å². The fourth-order valence-corrected chi connectivity index (χ4v) is 7.47. The van der Waals surface area contributed by atoms with Gasteiger partial charge in [-0.2, -0.15) is 4.31 Å². The molecule has 2 atom stereocenters. The first kappa shape index (κ1) is 21.1. The van der Waals surface area contributed by atoms with Gasteiger partial charge in [-0.05, 0) is 31.1 Å².